The number of hydrogen-bond donors (Lipinski definition) is 0. The van der Waals surface area contributed by atoms with Gasteiger partial charge in [-0.1, -0.05) is 94.7 Å². The van der Waals surface area contributed by atoms with Crippen LogP contribution in [0.4, 0.5) is 0 Å². The number of halogens is 1. The highest BCUT2D eigenvalue weighted by atomic mass is 79.9. The molecule has 2 nitrogen and oxygen atoms in total. The Morgan fingerprint density at radius 2 is 1.48 bits per heavy atom. The van der Waals surface area contributed by atoms with E-state index in [-0.39, 0.29) is 29.7 Å². The van der Waals surface area contributed by atoms with Gasteiger partial charge in [0.1, 0.15) is 5.82 Å². The zero-order valence-electron chi connectivity index (χ0n) is 22.8. The largest absolute Gasteiger partial charge is 0.294 e. The van der Waals surface area contributed by atoms with Gasteiger partial charge in [-0.05, 0) is 53.4 Å². The van der Waals surface area contributed by atoms with Gasteiger partial charge in [-0.15, -0.1) is 0 Å². The lowest BCUT2D eigenvalue weighted by Crippen LogP contribution is -1.99. The van der Waals surface area contributed by atoms with Gasteiger partial charge >= 0.3 is 0 Å². The lowest BCUT2D eigenvalue weighted by molar-refractivity contribution is 1.07. The van der Waals surface area contributed by atoms with E-state index >= 15 is 0 Å². The third-order valence-electron chi connectivity index (χ3n) is 5.95. The maximum atomic E-state index is 8.26. The molecule has 2 aromatic heterocycles. The molecular weight excluding hydrogens is 468 g/mol. The van der Waals surface area contributed by atoms with Crippen molar-refractivity contribution in [3.05, 3.63) is 119 Å². The maximum absolute atomic E-state index is 8.26. The lowest BCUT2D eigenvalue weighted by atomic mass is 9.99. The maximum Gasteiger partial charge on any atom is 0.137 e. The minimum atomic E-state index is -0.391. The van der Waals surface area contributed by atoms with E-state index in [9.17, 15) is 0 Å². The second-order valence-electron chi connectivity index (χ2n) is 7.95. The smallest absolute Gasteiger partial charge is 0.137 e. The van der Waals surface area contributed by atoms with Gasteiger partial charge in [-0.3, -0.25) is 4.57 Å². The Balaban J connectivity index is 1.43. The van der Waals surface area contributed by atoms with E-state index in [1.54, 1.807) is 12.1 Å². The zero-order chi connectivity index (χ0) is 26.7. The fourth-order valence-corrected chi connectivity index (χ4v) is 4.72. The van der Waals surface area contributed by atoms with E-state index in [2.05, 4.69) is 56.9 Å². The standard InChI is InChI=1S/C30H21BrN2/c1-20-17-30(33-28-10-6-5-9-25(28)26-16-15-24(31)18-29(26)33)32-19-27(20)23-13-11-22(12-14-23)21-7-3-2-4-8-21/h2-19H,1H3/i2D,3D,4D,7D,8D. The predicted molar refractivity (Wildman–Crippen MR) is 142 cm³/mol. The van der Waals surface area contributed by atoms with Crippen LogP contribution < -0.4 is 0 Å². The molecule has 0 aliphatic rings. The summed E-state index contributed by atoms with van der Waals surface area (Å²) in [6.07, 6.45) is 1.86. The minimum Gasteiger partial charge on any atom is -0.294 e. The fraction of sp³-hybridized carbons (Fsp3) is 0.0333. The SMILES string of the molecule is [2H]c1c([2H])c([2H])c(-c2ccc(-c3cnc(-n4c5ccccc5c5ccc(Br)cc54)cc3C)cc2)c([2H])c1[2H]. The van der Waals surface area contributed by atoms with Crippen molar-refractivity contribution in [2.24, 2.45) is 0 Å². The number of hydrogen-bond acceptors (Lipinski definition) is 1. The van der Waals surface area contributed by atoms with Crippen molar-refractivity contribution in [3.63, 3.8) is 0 Å². The molecule has 0 atom stereocenters. The molecule has 0 radical (unpaired) electrons. The van der Waals surface area contributed by atoms with Crippen molar-refractivity contribution < 1.29 is 6.85 Å². The Bertz CT molecular complexity index is 1870. The van der Waals surface area contributed by atoms with Crippen molar-refractivity contribution in [3.8, 4) is 28.1 Å². The van der Waals surface area contributed by atoms with Gasteiger partial charge in [0, 0.05) is 27.0 Å². The molecule has 0 amide bonds. The Labute approximate surface area is 208 Å². The van der Waals surface area contributed by atoms with E-state index in [1.807, 2.05) is 37.4 Å². The number of aromatic nitrogens is 2. The Morgan fingerprint density at radius 1 is 0.758 bits per heavy atom. The van der Waals surface area contributed by atoms with E-state index in [0.29, 0.717) is 5.56 Å². The zero-order valence-corrected chi connectivity index (χ0v) is 19.4. The van der Waals surface area contributed by atoms with Crippen molar-refractivity contribution in [2.75, 3.05) is 0 Å². The van der Waals surface area contributed by atoms with E-state index < -0.39 is 6.04 Å². The number of nitrogens with zero attached hydrogens (tertiary/aromatic N) is 2. The van der Waals surface area contributed by atoms with Crippen LogP contribution >= 0.6 is 15.9 Å². The molecule has 0 aliphatic carbocycles. The molecule has 0 saturated heterocycles. The van der Waals surface area contributed by atoms with Gasteiger partial charge < -0.3 is 0 Å². The monoisotopic (exact) mass is 493 g/mol. The van der Waals surface area contributed by atoms with E-state index in [4.69, 9.17) is 11.8 Å². The van der Waals surface area contributed by atoms with E-state index in [0.717, 1.165) is 43.4 Å². The molecule has 0 bridgehead atoms. The second kappa shape index (κ2) is 8.02. The molecule has 4 aromatic carbocycles. The van der Waals surface area contributed by atoms with Gasteiger partial charge in [-0.25, -0.2) is 4.98 Å². The van der Waals surface area contributed by atoms with Crippen LogP contribution in [0.1, 0.15) is 12.4 Å². The molecular formula is C30H21BrN2. The first-order valence-electron chi connectivity index (χ1n) is 13.1. The van der Waals surface area contributed by atoms with Crippen LogP contribution in [0.15, 0.2) is 114 Å². The summed E-state index contributed by atoms with van der Waals surface area (Å²) >= 11 is 3.61. The topological polar surface area (TPSA) is 17.8 Å². The van der Waals surface area contributed by atoms with Gasteiger partial charge in [0.25, 0.3) is 0 Å². The van der Waals surface area contributed by atoms with Crippen LogP contribution in [0.25, 0.3) is 49.9 Å². The number of fused-ring (bicyclic) bond motifs is 3. The lowest BCUT2D eigenvalue weighted by Gasteiger charge is -2.12. The van der Waals surface area contributed by atoms with Crippen molar-refractivity contribution in [1.82, 2.24) is 9.55 Å². The summed E-state index contributed by atoms with van der Waals surface area (Å²) in [4.78, 5) is 4.85. The first kappa shape index (κ1) is 15.2. The van der Waals surface area contributed by atoms with Gasteiger partial charge in [0.2, 0.25) is 0 Å². The van der Waals surface area contributed by atoms with Crippen molar-refractivity contribution in [2.45, 2.75) is 6.92 Å². The summed E-state index contributed by atoms with van der Waals surface area (Å²) in [7, 11) is 0. The number of rotatable bonds is 3. The molecule has 0 saturated carbocycles. The summed E-state index contributed by atoms with van der Waals surface area (Å²) in [5.74, 6) is 0.825. The Hall–Kier alpha value is -3.69. The van der Waals surface area contributed by atoms with Gasteiger partial charge in [-0.2, -0.15) is 0 Å². The summed E-state index contributed by atoms with van der Waals surface area (Å²) in [5.41, 5.74) is 5.87. The third kappa shape index (κ3) is 3.46. The normalized spacial score (nSPS) is 13.5. The average molecular weight is 494 g/mol. The molecule has 0 aliphatic heterocycles. The summed E-state index contributed by atoms with van der Waals surface area (Å²) < 4.78 is 43.4. The predicted octanol–water partition coefficient (Wildman–Crippen LogP) is 8.58. The van der Waals surface area contributed by atoms with Crippen molar-refractivity contribution >= 4 is 37.7 Å². The number of aryl methyl sites for hydroxylation is 1. The highest BCUT2D eigenvalue weighted by Crippen LogP contribution is 2.34. The van der Waals surface area contributed by atoms with E-state index in [1.165, 1.54) is 5.39 Å². The fourth-order valence-electron chi connectivity index (χ4n) is 4.37. The molecule has 6 rings (SSSR count). The number of benzene rings is 4. The van der Waals surface area contributed by atoms with Gasteiger partial charge in [0.15, 0.2) is 0 Å². The van der Waals surface area contributed by atoms with Gasteiger partial charge in [0.05, 0.1) is 17.9 Å². The van der Waals surface area contributed by atoms with Crippen molar-refractivity contribution in [1.29, 1.82) is 0 Å². The highest BCUT2D eigenvalue weighted by Gasteiger charge is 2.14. The second-order valence-corrected chi connectivity index (χ2v) is 8.86. The minimum absolute atomic E-state index is 0.199. The molecule has 0 unspecified atom stereocenters. The first-order chi connectivity index (χ1) is 18.3. The van der Waals surface area contributed by atoms with Crippen LogP contribution in [0.3, 0.4) is 0 Å². The Kier molecular flexibility index (Phi) is 3.69. The average Bonchev–Trinajstić information content (AvgIpc) is 3.24. The first-order valence-corrected chi connectivity index (χ1v) is 11.4. The highest BCUT2D eigenvalue weighted by molar-refractivity contribution is 9.10. The third-order valence-corrected chi connectivity index (χ3v) is 6.44. The quantitative estimate of drug-likeness (QED) is 0.241. The van der Waals surface area contributed by atoms with Crippen LogP contribution in [-0.2, 0) is 0 Å². The molecule has 3 heteroatoms. The molecule has 33 heavy (non-hydrogen) atoms. The number of para-hydroxylation sites is 1. The molecule has 2 heterocycles. The Morgan fingerprint density at radius 3 is 2.27 bits per heavy atom. The van der Waals surface area contributed by atoms with Crippen LogP contribution in [0.2, 0.25) is 0 Å². The van der Waals surface area contributed by atoms with Crippen LogP contribution in [0.5, 0.6) is 0 Å². The van der Waals surface area contributed by atoms with Crippen LogP contribution in [-0.4, -0.2) is 9.55 Å². The molecule has 6 aromatic rings. The molecule has 0 spiro atoms. The molecule has 0 fully saturated rings. The summed E-state index contributed by atoms with van der Waals surface area (Å²) in [6.45, 7) is 2.05. The molecule has 0 N–H and O–H groups in total. The van der Waals surface area contributed by atoms with Crippen LogP contribution in [0, 0.1) is 6.92 Å². The number of pyridine rings is 1. The summed E-state index contributed by atoms with van der Waals surface area (Å²) in [5, 5.41) is 2.33. The molecule has 158 valence electrons. The summed E-state index contributed by atoms with van der Waals surface area (Å²) in [6, 6.07) is 22.6.